The summed E-state index contributed by atoms with van der Waals surface area (Å²) in [5, 5.41) is 0.707. The van der Waals surface area contributed by atoms with Gasteiger partial charge in [-0.3, -0.25) is 4.90 Å². The molecule has 7 heteroatoms. The molecule has 0 aliphatic carbocycles. The van der Waals surface area contributed by atoms with E-state index in [-0.39, 0.29) is 6.17 Å². The van der Waals surface area contributed by atoms with Crippen LogP contribution in [0.4, 0.5) is 18.0 Å². The fraction of sp³-hybridized carbons (Fsp3) is 0.471. The van der Waals surface area contributed by atoms with E-state index < -0.39 is 23.4 Å². The maximum atomic E-state index is 12.9. The molecule has 2 heterocycles. The number of alkyl halides is 3. The molecule has 1 aromatic heterocycles. The Bertz CT molecular complexity index is 774. The molecule has 3 rings (SSSR count). The molecule has 1 amide bonds. The van der Waals surface area contributed by atoms with E-state index in [4.69, 9.17) is 4.74 Å². The Labute approximate surface area is 137 Å². The van der Waals surface area contributed by atoms with E-state index in [1.54, 1.807) is 37.6 Å². The van der Waals surface area contributed by atoms with Gasteiger partial charge in [-0.25, -0.2) is 4.79 Å². The maximum absolute atomic E-state index is 12.9. The summed E-state index contributed by atoms with van der Waals surface area (Å²) in [6.07, 6.45) is -2.77. The molecule has 1 saturated heterocycles. The Morgan fingerprint density at radius 2 is 1.92 bits per heavy atom. The smallest absolute Gasteiger partial charge is 0.416 e. The van der Waals surface area contributed by atoms with Crippen molar-refractivity contribution in [1.82, 2.24) is 9.47 Å². The van der Waals surface area contributed by atoms with Crippen LogP contribution in [0.5, 0.6) is 0 Å². The number of carbonyl (C=O) groups is 1. The summed E-state index contributed by atoms with van der Waals surface area (Å²) in [6.45, 7) is 5.86. The molecule has 0 spiro atoms. The number of hydrogen-bond donors (Lipinski definition) is 0. The van der Waals surface area contributed by atoms with Crippen LogP contribution in [0.15, 0.2) is 30.5 Å². The van der Waals surface area contributed by atoms with Gasteiger partial charge in [-0.2, -0.15) is 13.2 Å². The van der Waals surface area contributed by atoms with Gasteiger partial charge in [0, 0.05) is 19.2 Å². The summed E-state index contributed by atoms with van der Waals surface area (Å²) in [6, 6.07) is 5.40. The SMILES string of the molecule is CC(C)(C)OC(=O)N1CCC1n1ccc2ccc(C(F)(F)F)cc21. The first-order chi connectivity index (χ1) is 11.1. The topological polar surface area (TPSA) is 34.5 Å². The number of benzene rings is 1. The molecule has 0 N–H and O–H groups in total. The van der Waals surface area contributed by atoms with E-state index in [1.807, 2.05) is 0 Å². The van der Waals surface area contributed by atoms with Crippen LogP contribution in [0.3, 0.4) is 0 Å². The molecule has 1 unspecified atom stereocenters. The molecule has 1 aliphatic heterocycles. The Kier molecular flexibility index (Phi) is 3.77. The van der Waals surface area contributed by atoms with Crippen molar-refractivity contribution in [2.75, 3.05) is 6.54 Å². The third kappa shape index (κ3) is 3.07. The Hall–Kier alpha value is -2.18. The minimum absolute atomic E-state index is 0.319. The summed E-state index contributed by atoms with van der Waals surface area (Å²) >= 11 is 0. The van der Waals surface area contributed by atoms with Gasteiger partial charge in [-0.05, 0) is 44.4 Å². The summed E-state index contributed by atoms with van der Waals surface area (Å²) in [5.41, 5.74) is -0.847. The van der Waals surface area contributed by atoms with Crippen molar-refractivity contribution in [2.45, 2.75) is 45.1 Å². The maximum Gasteiger partial charge on any atom is 0.416 e. The summed E-state index contributed by atoms with van der Waals surface area (Å²) < 4.78 is 45.9. The number of aromatic nitrogens is 1. The van der Waals surface area contributed by atoms with E-state index in [0.29, 0.717) is 23.9 Å². The lowest BCUT2D eigenvalue weighted by Crippen LogP contribution is -2.49. The van der Waals surface area contributed by atoms with Gasteiger partial charge in [0.2, 0.25) is 0 Å². The van der Waals surface area contributed by atoms with Gasteiger partial charge in [-0.15, -0.1) is 0 Å². The van der Waals surface area contributed by atoms with Crippen LogP contribution in [0.25, 0.3) is 10.9 Å². The largest absolute Gasteiger partial charge is 0.444 e. The van der Waals surface area contributed by atoms with Crippen molar-refractivity contribution in [2.24, 2.45) is 0 Å². The lowest BCUT2D eigenvalue weighted by atomic mass is 10.1. The number of amides is 1. The first kappa shape index (κ1) is 16.7. The van der Waals surface area contributed by atoms with Crippen LogP contribution in [0, 0.1) is 0 Å². The fourth-order valence-electron chi connectivity index (χ4n) is 2.78. The number of ether oxygens (including phenoxy) is 1. The summed E-state index contributed by atoms with van der Waals surface area (Å²) in [4.78, 5) is 13.8. The highest BCUT2D eigenvalue weighted by Gasteiger charge is 2.37. The van der Waals surface area contributed by atoms with E-state index in [0.717, 1.165) is 12.1 Å². The first-order valence-corrected chi connectivity index (χ1v) is 7.74. The van der Waals surface area contributed by atoms with Crippen molar-refractivity contribution < 1.29 is 22.7 Å². The molecule has 1 atom stereocenters. The number of likely N-dealkylation sites (tertiary alicyclic amines) is 1. The zero-order valence-corrected chi connectivity index (χ0v) is 13.7. The van der Waals surface area contributed by atoms with Crippen molar-refractivity contribution in [3.8, 4) is 0 Å². The Morgan fingerprint density at radius 3 is 2.46 bits per heavy atom. The molecule has 1 aliphatic rings. The zero-order chi connectivity index (χ0) is 17.7. The molecule has 0 radical (unpaired) electrons. The normalized spacial score (nSPS) is 18.6. The fourth-order valence-corrected chi connectivity index (χ4v) is 2.78. The molecule has 130 valence electrons. The van der Waals surface area contributed by atoms with Crippen molar-refractivity contribution >= 4 is 17.0 Å². The van der Waals surface area contributed by atoms with Gasteiger partial charge in [0.25, 0.3) is 0 Å². The molecule has 2 aromatic rings. The summed E-state index contributed by atoms with van der Waals surface area (Å²) in [7, 11) is 0. The molecule has 1 fully saturated rings. The molecule has 1 aromatic carbocycles. The number of rotatable bonds is 1. The highest BCUT2D eigenvalue weighted by molar-refractivity contribution is 5.81. The third-order valence-corrected chi connectivity index (χ3v) is 3.99. The van der Waals surface area contributed by atoms with E-state index in [1.165, 1.54) is 11.0 Å². The summed E-state index contributed by atoms with van der Waals surface area (Å²) in [5.74, 6) is 0. The molecule has 0 bridgehead atoms. The van der Waals surface area contributed by atoms with Gasteiger partial charge in [0.05, 0.1) is 11.1 Å². The zero-order valence-electron chi connectivity index (χ0n) is 13.7. The number of nitrogens with zero attached hydrogens (tertiary/aromatic N) is 2. The van der Waals surface area contributed by atoms with Gasteiger partial charge in [-0.1, -0.05) is 6.07 Å². The van der Waals surface area contributed by atoms with Crippen LogP contribution in [0.2, 0.25) is 0 Å². The van der Waals surface area contributed by atoms with Crippen molar-refractivity contribution in [1.29, 1.82) is 0 Å². The molecule has 4 nitrogen and oxygen atoms in total. The van der Waals surface area contributed by atoms with Gasteiger partial charge < -0.3 is 9.30 Å². The van der Waals surface area contributed by atoms with Crippen molar-refractivity contribution in [3.63, 3.8) is 0 Å². The molecule has 24 heavy (non-hydrogen) atoms. The lowest BCUT2D eigenvalue weighted by Gasteiger charge is -2.42. The van der Waals surface area contributed by atoms with Crippen molar-refractivity contribution in [3.05, 3.63) is 36.0 Å². The Balaban J connectivity index is 1.91. The van der Waals surface area contributed by atoms with Gasteiger partial charge in [0.1, 0.15) is 11.8 Å². The quantitative estimate of drug-likeness (QED) is 0.747. The second-order valence-electron chi connectivity index (χ2n) is 6.94. The standard InChI is InChI=1S/C17H19F3N2O2/c1-16(2,3)24-15(23)22-9-7-14(22)21-8-6-11-4-5-12(10-13(11)21)17(18,19)20/h4-6,8,10,14H,7,9H2,1-3H3. The molecule has 0 saturated carbocycles. The first-order valence-electron chi connectivity index (χ1n) is 7.74. The van der Waals surface area contributed by atoms with Crippen LogP contribution in [0.1, 0.15) is 38.9 Å². The van der Waals surface area contributed by atoms with Crippen LogP contribution >= 0.6 is 0 Å². The van der Waals surface area contributed by atoms with E-state index in [9.17, 15) is 18.0 Å². The number of carbonyl (C=O) groups excluding carboxylic acids is 1. The highest BCUT2D eigenvalue weighted by atomic mass is 19.4. The number of halogens is 3. The molecular formula is C17H19F3N2O2. The minimum Gasteiger partial charge on any atom is -0.444 e. The second kappa shape index (κ2) is 5.43. The van der Waals surface area contributed by atoms with Crippen LogP contribution < -0.4 is 0 Å². The van der Waals surface area contributed by atoms with Gasteiger partial charge in [0.15, 0.2) is 0 Å². The minimum atomic E-state index is -4.40. The monoisotopic (exact) mass is 340 g/mol. The Morgan fingerprint density at radius 1 is 1.21 bits per heavy atom. The van der Waals surface area contributed by atoms with E-state index >= 15 is 0 Å². The third-order valence-electron chi connectivity index (χ3n) is 3.99. The lowest BCUT2D eigenvalue weighted by molar-refractivity contribution is -0.137. The second-order valence-corrected chi connectivity index (χ2v) is 6.94. The molecular weight excluding hydrogens is 321 g/mol. The highest BCUT2D eigenvalue weighted by Crippen LogP contribution is 2.36. The average molecular weight is 340 g/mol. The van der Waals surface area contributed by atoms with E-state index in [2.05, 4.69) is 0 Å². The van der Waals surface area contributed by atoms with Crippen LogP contribution in [-0.4, -0.2) is 27.7 Å². The number of fused-ring (bicyclic) bond motifs is 1. The predicted octanol–water partition coefficient (Wildman–Crippen LogP) is 4.80. The average Bonchev–Trinajstić information content (AvgIpc) is 2.77. The van der Waals surface area contributed by atoms with Crippen LogP contribution in [-0.2, 0) is 10.9 Å². The predicted molar refractivity (Wildman–Crippen MR) is 83.5 cm³/mol. The van der Waals surface area contributed by atoms with Gasteiger partial charge >= 0.3 is 12.3 Å². The number of hydrogen-bond acceptors (Lipinski definition) is 2.